The van der Waals surface area contributed by atoms with Crippen LogP contribution in [0.5, 0.6) is 0 Å². The van der Waals surface area contributed by atoms with Gasteiger partial charge in [0.05, 0.1) is 6.33 Å². The quantitative estimate of drug-likeness (QED) is 0.729. The van der Waals surface area contributed by atoms with Gasteiger partial charge in [0.1, 0.15) is 0 Å². The second-order valence-electron chi connectivity index (χ2n) is 6.63. The predicted molar refractivity (Wildman–Crippen MR) is 85.0 cm³/mol. The van der Waals surface area contributed by atoms with Gasteiger partial charge in [-0.2, -0.15) is 0 Å². The van der Waals surface area contributed by atoms with E-state index in [1.165, 1.54) is 50.6 Å². The number of piperidine rings is 1. The normalized spacial score (nSPS) is 16.9. The van der Waals surface area contributed by atoms with Crippen LogP contribution in [0.25, 0.3) is 0 Å². The van der Waals surface area contributed by atoms with Crippen LogP contribution in [0.3, 0.4) is 0 Å². The van der Waals surface area contributed by atoms with Gasteiger partial charge >= 0.3 is 0 Å². The fourth-order valence-electron chi connectivity index (χ4n) is 3.16. The summed E-state index contributed by atoms with van der Waals surface area (Å²) in [5.41, 5.74) is 1.47. The molecular weight excluding hydrogens is 246 g/mol. The highest BCUT2D eigenvalue weighted by atomic mass is 15.0. The van der Waals surface area contributed by atoms with E-state index < -0.39 is 0 Å². The van der Waals surface area contributed by atoms with Crippen LogP contribution in [0.15, 0.2) is 12.5 Å². The van der Waals surface area contributed by atoms with Gasteiger partial charge in [-0.25, -0.2) is 4.98 Å². The largest absolute Gasteiger partial charge is 0.334 e. The predicted octanol–water partition coefficient (Wildman–Crippen LogP) is 3.96. The van der Waals surface area contributed by atoms with Crippen molar-refractivity contribution >= 4 is 0 Å². The molecule has 0 radical (unpaired) electrons. The summed E-state index contributed by atoms with van der Waals surface area (Å²) < 4.78 is 2.40. The van der Waals surface area contributed by atoms with E-state index in [0.29, 0.717) is 0 Å². The van der Waals surface area contributed by atoms with Crippen LogP contribution in [0, 0.1) is 5.92 Å². The first-order chi connectivity index (χ1) is 9.77. The lowest BCUT2D eigenvalue weighted by Gasteiger charge is -2.23. The molecule has 20 heavy (non-hydrogen) atoms. The number of hydrogen-bond acceptors (Lipinski definition) is 2. The van der Waals surface area contributed by atoms with Crippen molar-refractivity contribution in [3.8, 4) is 0 Å². The van der Waals surface area contributed by atoms with Crippen LogP contribution >= 0.6 is 0 Å². The van der Waals surface area contributed by atoms with Crippen LogP contribution in [-0.2, 0) is 6.54 Å². The van der Waals surface area contributed by atoms with Gasteiger partial charge in [-0.3, -0.25) is 0 Å². The zero-order valence-electron chi connectivity index (χ0n) is 13.3. The maximum absolute atomic E-state index is 4.38. The summed E-state index contributed by atoms with van der Waals surface area (Å²) in [6.45, 7) is 8.10. The second-order valence-corrected chi connectivity index (χ2v) is 6.63. The number of nitrogens with one attached hydrogen (secondary N) is 1. The fourth-order valence-corrected chi connectivity index (χ4v) is 3.16. The van der Waals surface area contributed by atoms with Crippen molar-refractivity contribution in [2.45, 2.75) is 71.3 Å². The number of nitrogens with zero attached hydrogens (tertiary/aromatic N) is 2. The lowest BCUT2D eigenvalue weighted by atomic mass is 9.95. The summed E-state index contributed by atoms with van der Waals surface area (Å²) >= 11 is 0. The van der Waals surface area contributed by atoms with Gasteiger partial charge in [-0.05, 0) is 38.3 Å². The van der Waals surface area contributed by atoms with Crippen molar-refractivity contribution in [1.82, 2.24) is 14.9 Å². The second kappa shape index (κ2) is 8.46. The molecule has 1 aliphatic rings. The van der Waals surface area contributed by atoms with Crippen molar-refractivity contribution in [3.05, 3.63) is 18.2 Å². The molecule has 1 aromatic heterocycles. The summed E-state index contributed by atoms with van der Waals surface area (Å²) in [6, 6.07) is 0. The highest BCUT2D eigenvalue weighted by Gasteiger charge is 2.18. The summed E-state index contributed by atoms with van der Waals surface area (Å²) in [7, 11) is 0. The highest BCUT2D eigenvalue weighted by Crippen LogP contribution is 2.25. The lowest BCUT2D eigenvalue weighted by Crippen LogP contribution is -2.27. The van der Waals surface area contributed by atoms with Crippen LogP contribution < -0.4 is 5.32 Å². The van der Waals surface area contributed by atoms with Crippen molar-refractivity contribution < 1.29 is 0 Å². The molecule has 1 fully saturated rings. The molecule has 0 bridgehead atoms. The number of rotatable bonds is 8. The van der Waals surface area contributed by atoms with Crippen molar-refractivity contribution in [1.29, 1.82) is 0 Å². The van der Waals surface area contributed by atoms with Crippen molar-refractivity contribution in [3.63, 3.8) is 0 Å². The monoisotopic (exact) mass is 277 g/mol. The van der Waals surface area contributed by atoms with Crippen LogP contribution in [0.4, 0.5) is 0 Å². The van der Waals surface area contributed by atoms with Crippen LogP contribution in [0.2, 0.25) is 0 Å². The first kappa shape index (κ1) is 15.6. The van der Waals surface area contributed by atoms with Crippen LogP contribution in [-0.4, -0.2) is 22.6 Å². The van der Waals surface area contributed by atoms with E-state index in [4.69, 9.17) is 0 Å². The summed E-state index contributed by atoms with van der Waals surface area (Å²) in [6.07, 6.45) is 13.5. The Labute approximate surface area is 124 Å². The Hall–Kier alpha value is -0.830. The Balaban J connectivity index is 1.69. The maximum Gasteiger partial charge on any atom is 0.0948 e. The molecule has 3 heteroatoms. The van der Waals surface area contributed by atoms with Gasteiger partial charge in [0, 0.05) is 24.4 Å². The number of hydrogen-bond donors (Lipinski definition) is 1. The fraction of sp³-hybridized carbons (Fsp3) is 0.824. The molecule has 1 aromatic rings. The molecule has 0 unspecified atom stereocenters. The van der Waals surface area contributed by atoms with E-state index in [2.05, 4.69) is 34.9 Å². The number of aromatic nitrogens is 2. The molecule has 0 saturated carbocycles. The molecule has 1 aliphatic heterocycles. The summed E-state index contributed by atoms with van der Waals surface area (Å²) in [5, 5.41) is 3.44. The Kier molecular flexibility index (Phi) is 6.58. The van der Waals surface area contributed by atoms with E-state index in [1.54, 1.807) is 0 Å². The smallest absolute Gasteiger partial charge is 0.0948 e. The van der Waals surface area contributed by atoms with Gasteiger partial charge in [-0.15, -0.1) is 0 Å². The van der Waals surface area contributed by atoms with Gasteiger partial charge in [0.25, 0.3) is 0 Å². The minimum atomic E-state index is 0.722. The number of unbranched alkanes of at least 4 members (excludes halogenated alkanes) is 3. The van der Waals surface area contributed by atoms with E-state index in [1.807, 2.05) is 6.33 Å². The molecule has 1 N–H and O–H groups in total. The van der Waals surface area contributed by atoms with Gasteiger partial charge in [0.15, 0.2) is 0 Å². The van der Waals surface area contributed by atoms with E-state index in [9.17, 15) is 0 Å². The van der Waals surface area contributed by atoms with Gasteiger partial charge < -0.3 is 9.88 Å². The van der Waals surface area contributed by atoms with Crippen LogP contribution in [0.1, 0.15) is 70.4 Å². The SMILES string of the molecule is CC(C)CCCCCCn1cncc1C1CCNCC1. The molecular formula is C17H31N3. The van der Waals surface area contributed by atoms with Gasteiger partial charge in [0.2, 0.25) is 0 Å². The Morgan fingerprint density at radius 1 is 1.20 bits per heavy atom. The first-order valence-corrected chi connectivity index (χ1v) is 8.48. The molecule has 0 amide bonds. The standard InChI is InChI=1S/C17H31N3/c1-15(2)7-5-3-4-6-12-20-14-19-13-17(20)16-8-10-18-11-9-16/h13-16,18H,3-12H2,1-2H3. The molecule has 0 aliphatic carbocycles. The lowest BCUT2D eigenvalue weighted by molar-refractivity contribution is 0.433. The molecule has 114 valence electrons. The topological polar surface area (TPSA) is 29.9 Å². The van der Waals surface area contributed by atoms with E-state index in [-0.39, 0.29) is 0 Å². The molecule has 3 nitrogen and oxygen atoms in total. The molecule has 0 aromatic carbocycles. The molecule has 0 spiro atoms. The molecule has 2 rings (SSSR count). The minimum Gasteiger partial charge on any atom is -0.334 e. The van der Waals surface area contributed by atoms with Gasteiger partial charge in [-0.1, -0.05) is 39.5 Å². The summed E-state index contributed by atoms with van der Waals surface area (Å²) in [4.78, 5) is 4.38. The Morgan fingerprint density at radius 2 is 1.95 bits per heavy atom. The molecule has 0 atom stereocenters. The van der Waals surface area contributed by atoms with E-state index in [0.717, 1.165) is 31.5 Å². The first-order valence-electron chi connectivity index (χ1n) is 8.48. The minimum absolute atomic E-state index is 0.722. The average Bonchev–Trinajstić information content (AvgIpc) is 2.92. The highest BCUT2D eigenvalue weighted by molar-refractivity contribution is 5.07. The third-order valence-corrected chi connectivity index (χ3v) is 4.43. The maximum atomic E-state index is 4.38. The zero-order valence-corrected chi connectivity index (χ0v) is 13.3. The van der Waals surface area contributed by atoms with E-state index >= 15 is 0 Å². The zero-order chi connectivity index (χ0) is 14.2. The Morgan fingerprint density at radius 3 is 2.70 bits per heavy atom. The summed E-state index contributed by atoms with van der Waals surface area (Å²) in [5.74, 6) is 1.58. The number of aryl methyl sites for hydroxylation is 1. The third kappa shape index (κ3) is 4.93. The Bertz CT molecular complexity index is 364. The molecule has 1 saturated heterocycles. The van der Waals surface area contributed by atoms with Crippen molar-refractivity contribution in [2.24, 2.45) is 5.92 Å². The molecule has 2 heterocycles. The average molecular weight is 277 g/mol. The number of imidazole rings is 1. The van der Waals surface area contributed by atoms with Crippen molar-refractivity contribution in [2.75, 3.05) is 13.1 Å². The third-order valence-electron chi connectivity index (χ3n) is 4.43.